The second kappa shape index (κ2) is 3.45. The van der Waals surface area contributed by atoms with Crippen molar-refractivity contribution in [3.05, 3.63) is 38.9 Å². The van der Waals surface area contributed by atoms with Crippen molar-refractivity contribution in [1.29, 1.82) is 0 Å². The van der Waals surface area contributed by atoms with Gasteiger partial charge in [0.25, 0.3) is 0 Å². The number of aliphatic hydroxyl groups excluding tert-OH is 1. The van der Waals surface area contributed by atoms with Gasteiger partial charge in [0.2, 0.25) is 0 Å². The van der Waals surface area contributed by atoms with Crippen molar-refractivity contribution in [3.8, 4) is 0 Å². The molecule has 58 valence electrons. The van der Waals surface area contributed by atoms with E-state index >= 15 is 0 Å². The second-order valence-electron chi connectivity index (χ2n) is 2.07. The predicted octanol–water partition coefficient (Wildman–Crippen LogP) is 3.47. The van der Waals surface area contributed by atoms with Crippen LogP contribution in [0.2, 0.25) is 5.02 Å². The number of hydrogen-bond acceptors (Lipinski definition) is 1. The van der Waals surface area contributed by atoms with Crippen LogP contribution in [0.4, 0.5) is 0 Å². The van der Waals surface area contributed by atoms with E-state index in [1.54, 1.807) is 12.1 Å². The summed E-state index contributed by atoms with van der Waals surface area (Å²) in [6.07, 6.45) is 0. The van der Waals surface area contributed by atoms with Crippen molar-refractivity contribution >= 4 is 40.0 Å². The smallest absolute Gasteiger partial charge is 0.116 e. The Bertz CT molecular complexity index is 296. The average molecular weight is 280 g/mol. The van der Waals surface area contributed by atoms with E-state index in [0.29, 0.717) is 10.6 Å². The molecular formula is C8H6ClIO. The maximum Gasteiger partial charge on any atom is 0.116 e. The predicted molar refractivity (Wildman–Crippen MR) is 55.8 cm³/mol. The number of rotatable bonds is 1. The van der Waals surface area contributed by atoms with Crippen LogP contribution in [0.3, 0.4) is 0 Å². The first-order valence-electron chi connectivity index (χ1n) is 2.94. The lowest BCUT2D eigenvalue weighted by molar-refractivity contribution is 0.513. The summed E-state index contributed by atoms with van der Waals surface area (Å²) < 4.78 is 0.944. The highest BCUT2D eigenvalue weighted by Crippen LogP contribution is 2.21. The molecule has 1 N–H and O–H groups in total. The molecule has 0 atom stereocenters. The zero-order valence-corrected chi connectivity index (χ0v) is 8.56. The van der Waals surface area contributed by atoms with Gasteiger partial charge in [-0.1, -0.05) is 18.2 Å². The molecule has 0 unspecified atom stereocenters. The molecule has 0 saturated heterocycles. The fraction of sp³-hybridized carbons (Fsp3) is 0. The van der Waals surface area contributed by atoms with Crippen LogP contribution in [-0.2, 0) is 0 Å². The van der Waals surface area contributed by atoms with Gasteiger partial charge in [-0.3, -0.25) is 0 Å². The van der Waals surface area contributed by atoms with Crippen LogP contribution >= 0.6 is 34.2 Å². The third kappa shape index (κ3) is 2.10. The highest BCUT2D eigenvalue weighted by Gasteiger charge is 2.02. The summed E-state index contributed by atoms with van der Waals surface area (Å²) in [5.74, 6) is 0.0527. The Morgan fingerprint density at radius 2 is 2.18 bits per heavy atom. The van der Waals surface area contributed by atoms with Gasteiger partial charge in [-0.05, 0) is 40.8 Å². The zero-order chi connectivity index (χ0) is 8.43. The number of halogens is 2. The Balaban J connectivity index is 3.23. The Kier molecular flexibility index (Phi) is 2.78. The SMILES string of the molecule is C=C(O)c1cc(Cl)ccc1I. The van der Waals surface area contributed by atoms with Gasteiger partial charge in [-0.25, -0.2) is 0 Å². The van der Waals surface area contributed by atoms with Crippen molar-refractivity contribution in [1.82, 2.24) is 0 Å². The lowest BCUT2D eigenvalue weighted by atomic mass is 10.2. The van der Waals surface area contributed by atoms with Crippen molar-refractivity contribution in [2.45, 2.75) is 0 Å². The van der Waals surface area contributed by atoms with Crippen LogP contribution in [0.5, 0.6) is 0 Å². The Morgan fingerprint density at radius 1 is 1.55 bits per heavy atom. The number of benzene rings is 1. The highest BCUT2D eigenvalue weighted by molar-refractivity contribution is 14.1. The third-order valence-electron chi connectivity index (χ3n) is 1.24. The maximum absolute atomic E-state index is 9.07. The fourth-order valence-corrected chi connectivity index (χ4v) is 1.54. The Labute approximate surface area is 83.8 Å². The van der Waals surface area contributed by atoms with Gasteiger partial charge >= 0.3 is 0 Å². The summed E-state index contributed by atoms with van der Waals surface area (Å²) in [6, 6.07) is 5.29. The van der Waals surface area contributed by atoms with Crippen LogP contribution < -0.4 is 0 Å². The molecule has 0 fully saturated rings. The zero-order valence-electron chi connectivity index (χ0n) is 5.64. The topological polar surface area (TPSA) is 20.2 Å². The molecule has 1 rings (SSSR count). The summed E-state index contributed by atoms with van der Waals surface area (Å²) in [5, 5.41) is 9.68. The van der Waals surface area contributed by atoms with Gasteiger partial charge in [0.05, 0.1) is 0 Å². The second-order valence-corrected chi connectivity index (χ2v) is 3.67. The van der Waals surface area contributed by atoms with E-state index in [0.717, 1.165) is 3.57 Å². The lowest BCUT2D eigenvalue weighted by Gasteiger charge is -2.01. The quantitative estimate of drug-likeness (QED) is 0.617. The monoisotopic (exact) mass is 280 g/mol. The van der Waals surface area contributed by atoms with E-state index in [2.05, 4.69) is 29.2 Å². The van der Waals surface area contributed by atoms with E-state index in [1.165, 1.54) is 0 Å². The van der Waals surface area contributed by atoms with Crippen LogP contribution in [0.15, 0.2) is 24.8 Å². The number of hydrogen-bond donors (Lipinski definition) is 1. The van der Waals surface area contributed by atoms with Crippen LogP contribution in [0, 0.1) is 3.57 Å². The lowest BCUT2D eigenvalue weighted by Crippen LogP contribution is -1.85. The minimum absolute atomic E-state index is 0.0527. The molecule has 0 aromatic heterocycles. The minimum Gasteiger partial charge on any atom is -0.508 e. The molecule has 0 saturated carbocycles. The van der Waals surface area contributed by atoms with Gasteiger partial charge in [-0.2, -0.15) is 0 Å². The summed E-state index contributed by atoms with van der Waals surface area (Å²) in [4.78, 5) is 0. The Hall–Kier alpha value is -0.220. The van der Waals surface area contributed by atoms with Crippen molar-refractivity contribution in [3.63, 3.8) is 0 Å². The number of aliphatic hydroxyl groups is 1. The normalized spacial score (nSPS) is 9.64. The largest absolute Gasteiger partial charge is 0.508 e. The summed E-state index contributed by atoms with van der Waals surface area (Å²) >= 11 is 7.82. The maximum atomic E-state index is 9.07. The van der Waals surface area contributed by atoms with Gasteiger partial charge in [0.1, 0.15) is 5.76 Å². The van der Waals surface area contributed by atoms with Crippen LogP contribution in [-0.4, -0.2) is 5.11 Å². The van der Waals surface area contributed by atoms with Gasteiger partial charge in [0, 0.05) is 14.2 Å². The molecule has 0 heterocycles. The average Bonchev–Trinajstić information content (AvgIpc) is 1.94. The first kappa shape index (κ1) is 8.87. The molecule has 0 amide bonds. The fourth-order valence-electron chi connectivity index (χ4n) is 0.719. The molecule has 0 bridgehead atoms. The molecular weight excluding hydrogens is 274 g/mol. The first-order valence-corrected chi connectivity index (χ1v) is 4.40. The molecule has 1 aromatic carbocycles. The van der Waals surface area contributed by atoms with Crippen LogP contribution in [0.25, 0.3) is 5.76 Å². The molecule has 1 nitrogen and oxygen atoms in total. The van der Waals surface area contributed by atoms with Crippen LogP contribution in [0.1, 0.15) is 5.56 Å². The van der Waals surface area contributed by atoms with E-state index < -0.39 is 0 Å². The first-order chi connectivity index (χ1) is 5.11. The summed E-state index contributed by atoms with van der Waals surface area (Å²) in [5.41, 5.74) is 0.693. The van der Waals surface area contributed by atoms with Crippen molar-refractivity contribution in [2.75, 3.05) is 0 Å². The highest BCUT2D eigenvalue weighted by atomic mass is 127. The van der Waals surface area contributed by atoms with Crippen molar-refractivity contribution < 1.29 is 5.11 Å². The molecule has 0 aliphatic rings. The molecule has 3 heteroatoms. The Morgan fingerprint density at radius 3 is 2.64 bits per heavy atom. The molecule has 0 spiro atoms. The molecule has 0 aliphatic heterocycles. The summed E-state index contributed by atoms with van der Waals surface area (Å²) in [7, 11) is 0. The van der Waals surface area contributed by atoms with E-state index in [9.17, 15) is 0 Å². The third-order valence-corrected chi connectivity index (χ3v) is 2.42. The van der Waals surface area contributed by atoms with E-state index in [-0.39, 0.29) is 5.76 Å². The van der Waals surface area contributed by atoms with Gasteiger partial charge < -0.3 is 5.11 Å². The molecule has 1 aromatic rings. The molecule has 0 radical (unpaired) electrons. The summed E-state index contributed by atoms with van der Waals surface area (Å²) in [6.45, 7) is 3.42. The van der Waals surface area contributed by atoms with Crippen molar-refractivity contribution in [2.24, 2.45) is 0 Å². The minimum atomic E-state index is 0.0527. The van der Waals surface area contributed by atoms with E-state index in [1.807, 2.05) is 6.07 Å². The van der Waals surface area contributed by atoms with Gasteiger partial charge in [-0.15, -0.1) is 0 Å². The van der Waals surface area contributed by atoms with E-state index in [4.69, 9.17) is 16.7 Å². The standard InChI is InChI=1S/C8H6ClIO/c1-5(11)7-4-6(9)2-3-8(7)10/h2-4,11H,1H2. The molecule has 0 aliphatic carbocycles. The van der Waals surface area contributed by atoms with Gasteiger partial charge in [0.15, 0.2) is 0 Å². The molecule has 11 heavy (non-hydrogen) atoms.